The number of nitrogens with zero attached hydrogens (tertiary/aromatic N) is 4. The minimum atomic E-state index is -0.243. The zero-order valence-corrected chi connectivity index (χ0v) is 61.5. The van der Waals surface area contributed by atoms with Gasteiger partial charge in [0.2, 0.25) is 0 Å². The van der Waals surface area contributed by atoms with Crippen LogP contribution in [-0.2, 0) is 62.7 Å². The molecule has 0 saturated carbocycles. The molecule has 0 atom stereocenters. The van der Waals surface area contributed by atoms with Crippen molar-refractivity contribution < 1.29 is 120 Å². The first-order valence-corrected chi connectivity index (χ1v) is 30.4. The van der Waals surface area contributed by atoms with Gasteiger partial charge in [0.25, 0.3) is 0 Å². The van der Waals surface area contributed by atoms with Gasteiger partial charge in [-0.15, -0.1) is 0 Å². The predicted octanol–water partition coefficient (Wildman–Crippen LogP) is 13.2. The van der Waals surface area contributed by atoms with Gasteiger partial charge in [-0.2, -0.15) is 0 Å². The molecule has 0 fully saturated rings. The van der Waals surface area contributed by atoms with Crippen molar-refractivity contribution in [1.82, 2.24) is 19.9 Å². The Hall–Kier alpha value is -5.34. The summed E-state index contributed by atoms with van der Waals surface area (Å²) in [6.45, 7) is 37.1. The van der Waals surface area contributed by atoms with E-state index in [9.17, 15) is 24.9 Å². The van der Waals surface area contributed by atoms with Gasteiger partial charge in [0.05, 0.1) is 44.6 Å². The molecule has 20 nitrogen and oxygen atoms in total. The minimum absolute atomic E-state index is 0. The number of rotatable bonds is 2. The Morgan fingerprint density at radius 1 is 0.411 bits per heavy atom. The van der Waals surface area contributed by atoms with Crippen LogP contribution in [0.5, 0.6) is 17.2 Å². The predicted molar refractivity (Wildman–Crippen MR) is 395 cm³/mol. The number of benzene rings is 6. The van der Waals surface area contributed by atoms with Crippen LogP contribution in [0.2, 0.25) is 0 Å². The van der Waals surface area contributed by atoms with Gasteiger partial charge in [-0.3, -0.25) is 29.5 Å². The molecule has 1 heterocycles. The Bertz CT molecular complexity index is 3130. The molecular weight excluding hydrogens is 1440 g/mol. The summed E-state index contributed by atoms with van der Waals surface area (Å²) in [5.41, 5.74) is 24.5. The second-order valence-electron chi connectivity index (χ2n) is 22.5. The van der Waals surface area contributed by atoms with E-state index in [0.29, 0.717) is 80.5 Å². The van der Waals surface area contributed by atoms with Crippen LogP contribution < -0.4 is 11.5 Å². The summed E-state index contributed by atoms with van der Waals surface area (Å²) < 4.78 is 0. The van der Waals surface area contributed by atoms with Gasteiger partial charge in [-0.05, 0) is 188 Å². The molecule has 0 spiro atoms. The Balaban J connectivity index is -0.000000104. The van der Waals surface area contributed by atoms with Crippen molar-refractivity contribution in [3.8, 4) is 17.2 Å². The number of halogens is 4. The Morgan fingerprint density at radius 2 is 0.579 bits per heavy atom. The largest absolute Gasteiger partial charge is 0 e. The maximum Gasteiger partial charge on any atom is 0 e. The van der Waals surface area contributed by atoms with E-state index in [4.69, 9.17) is 56.8 Å². The van der Waals surface area contributed by atoms with Crippen molar-refractivity contribution >= 4 is 110 Å². The first kappa shape index (κ1) is 120. The molecule has 553 valence electrons. The van der Waals surface area contributed by atoms with Gasteiger partial charge in [-0.1, -0.05) is 105 Å². The number of aryl methyl sites for hydroxylation is 6. The third-order valence-electron chi connectivity index (χ3n) is 12.6. The van der Waals surface area contributed by atoms with E-state index in [1.807, 2.05) is 123 Å². The fourth-order valence-electron chi connectivity index (χ4n) is 7.31. The molecule has 0 aliphatic heterocycles. The van der Waals surface area contributed by atoms with Crippen molar-refractivity contribution in [2.45, 2.75) is 170 Å². The molecule has 7 aromatic rings. The molecule has 27 heteroatoms. The van der Waals surface area contributed by atoms with Crippen molar-refractivity contribution in [3.05, 3.63) is 159 Å². The topological polar surface area (TPSA) is 471 Å². The number of carbonyl (C=O) groups excluding carboxylic acids is 2. The summed E-state index contributed by atoms with van der Waals surface area (Å²) >= 11 is 0.382. The number of nitrogens with two attached hydrogens (primary N) is 2. The van der Waals surface area contributed by atoms with E-state index >= 15 is 0 Å². The molecule has 7 rings (SSSR count). The maximum atomic E-state index is 11.5. The molecule has 2 radical (unpaired) electrons. The monoisotopic (exact) mass is 1550 g/mol. The first-order valence-electron chi connectivity index (χ1n) is 26.4. The van der Waals surface area contributed by atoms with E-state index in [0.717, 1.165) is 38.9 Å². The summed E-state index contributed by atoms with van der Waals surface area (Å²) in [6, 6.07) is 22.9. The summed E-state index contributed by atoms with van der Waals surface area (Å²) in [6.07, 6.45) is 9.12. The van der Waals surface area contributed by atoms with Gasteiger partial charge in [0.15, 0.2) is 12.6 Å². The number of fused-ring (bicyclic) bond motifs is 6. The SMILES string of the molecule is C.C.C.CC(C)(C)c1cc(C=O)c(O)c(C=O)c1.CCC.CCO.Cc1cc(N)c(N)cc1C.Cc1cc2ncc3cc(C(C)(C)C)cc(cnc4cc(C)c(C)cc4ncc4cc(C(C)(C)C)cc(cnc2cc1C)c4O)c3O.ClCl.O.O.O.O.O.O.O.O.[Cl][Co][Cl].[Co].[Co]. The van der Waals surface area contributed by atoms with E-state index in [1.165, 1.54) is 17.5 Å². The van der Waals surface area contributed by atoms with E-state index < -0.39 is 0 Å². The first-order chi connectivity index (χ1) is 38.3. The molecule has 0 aliphatic carbocycles. The van der Waals surface area contributed by atoms with Crippen molar-refractivity contribution in [2.75, 3.05) is 18.1 Å². The van der Waals surface area contributed by atoms with Crippen LogP contribution in [0.1, 0.15) is 183 Å². The minimum Gasteiger partial charge on any atom is 0 e. The molecule has 0 aliphatic rings. The van der Waals surface area contributed by atoms with Crippen LogP contribution in [0, 0.1) is 41.5 Å². The quantitative estimate of drug-likeness (QED) is 0.0695. The Kier molecular flexibility index (Phi) is 71.5. The average Bonchev–Trinajstić information content (AvgIpc) is 0.855. The Morgan fingerprint density at radius 3 is 0.747 bits per heavy atom. The molecular formula is C68H112Cl4Co3N6O14. The molecule has 24 N–H and O–H groups in total. The number of hydrogen-bond donors (Lipinski definition) is 6. The second-order valence-corrected chi connectivity index (χ2v) is 24.2. The maximum absolute atomic E-state index is 11.5. The number of nitrogen functional groups attached to an aromatic ring is 2. The third kappa shape index (κ3) is 37.8. The van der Waals surface area contributed by atoms with Gasteiger partial charge >= 0.3 is 33.2 Å². The number of phenols is 3. The van der Waals surface area contributed by atoms with Gasteiger partial charge < -0.3 is 75.7 Å². The zero-order chi connectivity index (χ0) is 63.0. The summed E-state index contributed by atoms with van der Waals surface area (Å²) in [5, 5.41) is 42.4. The smallest absolute Gasteiger partial charge is 0 e. The fourth-order valence-corrected chi connectivity index (χ4v) is 7.31. The Labute approximate surface area is 609 Å². The van der Waals surface area contributed by atoms with Crippen LogP contribution in [0.3, 0.4) is 0 Å². The number of aliphatic hydroxyl groups excluding tert-OH is 1. The van der Waals surface area contributed by atoms with Crippen LogP contribution >= 0.6 is 42.0 Å². The summed E-state index contributed by atoms with van der Waals surface area (Å²) in [7, 11) is 17.7. The van der Waals surface area contributed by atoms with Crippen molar-refractivity contribution in [3.63, 3.8) is 0 Å². The van der Waals surface area contributed by atoms with Gasteiger partial charge in [0, 0.05) is 108 Å². The molecule has 0 saturated heterocycles. The van der Waals surface area contributed by atoms with Crippen LogP contribution in [0.15, 0.2) is 97.6 Å². The number of anilines is 2. The van der Waals surface area contributed by atoms with E-state index in [1.54, 1.807) is 43.8 Å². The standard InChI is InChI=1S/C40H44N4O2.C12H14O3.C8H12N2.C3H8.C2H6O.3CH4.Cl2.2ClH.3Co.8H2O/c1-23-11-33-34(12-24(23)2)42-20-28-16-32(40(8,9)10)18-30(38(28)46)22-44-36-14-26(4)25(3)13-35(36)43-21-29-17-31(39(5,6)7)15-27(19-41-33)37(29)45;1-12(2,3)10-4-8(6-13)11(15)9(5-10)7-14;1-5-3-7(9)8(10)4-6(5)2;1-3-2;1-2-3;;;;1-2;;;;;;;;;;;;;/h11-22,45-46H,1-10H3;4-7,15H,1-3H3;3-4H,9-10H2,1-2H3;3H2,1-2H3;3H,2H2,1H3;3*1H4;;2*1H;;;;8*1H2/q;;;;;;;;;;;;;+2;;;;;;;;/p-2. The summed E-state index contributed by atoms with van der Waals surface area (Å²) in [5.74, 6) is -0.0500. The number of aromatic hydroxyl groups is 3. The van der Waals surface area contributed by atoms with Crippen molar-refractivity contribution in [2.24, 2.45) is 0 Å². The molecule has 4 bridgehead atoms. The van der Waals surface area contributed by atoms with Crippen LogP contribution in [0.25, 0.3) is 43.6 Å². The number of aldehydes is 2. The van der Waals surface area contributed by atoms with E-state index in [2.05, 4.69) is 77.1 Å². The number of hydrogen-bond acceptors (Lipinski definition) is 12. The molecule has 0 amide bonds. The van der Waals surface area contributed by atoms with Crippen LogP contribution in [0.4, 0.5) is 11.4 Å². The second kappa shape index (κ2) is 56.7. The van der Waals surface area contributed by atoms with Gasteiger partial charge in [0.1, 0.15) is 17.2 Å². The molecule has 6 aromatic carbocycles. The average molecular weight is 1560 g/mol. The molecule has 1 aromatic heterocycles. The van der Waals surface area contributed by atoms with Crippen LogP contribution in [-0.4, -0.2) is 103 Å². The molecule has 0 unspecified atom stereocenters. The number of phenolic OH excluding ortho intramolecular Hbond substituents is 3. The molecule has 95 heavy (non-hydrogen) atoms. The normalized spacial score (nSPS) is 9.21. The third-order valence-corrected chi connectivity index (χ3v) is 12.6. The fraction of sp³-hybridized carbons (Fsp3) is 0.382. The van der Waals surface area contributed by atoms with Gasteiger partial charge in [-0.25, -0.2) is 0 Å². The number of aliphatic hydroxyl groups is 1. The van der Waals surface area contributed by atoms with E-state index in [-0.39, 0.29) is 151 Å². The number of aromatic nitrogens is 4. The van der Waals surface area contributed by atoms with Crippen molar-refractivity contribution in [1.29, 1.82) is 0 Å². The summed E-state index contributed by atoms with van der Waals surface area (Å²) in [4.78, 5) is 40.8. The number of carbonyl (C=O) groups is 2. The zero-order valence-electron chi connectivity index (χ0n) is 55.4.